The molecule has 1 aliphatic carbocycles. The monoisotopic (exact) mass is 894 g/mol. The van der Waals surface area contributed by atoms with Crippen molar-refractivity contribution < 1.29 is 57.1 Å². The van der Waals surface area contributed by atoms with Gasteiger partial charge in [0.2, 0.25) is 0 Å². The lowest BCUT2D eigenvalue weighted by atomic mass is 9.86. The maximum absolute atomic E-state index is 12.8. The molecule has 7 rings (SSSR count). The lowest BCUT2D eigenvalue weighted by molar-refractivity contribution is -0.138. The average molecular weight is 895 g/mol. The van der Waals surface area contributed by atoms with E-state index in [1.807, 2.05) is 0 Å². The first kappa shape index (κ1) is 46.8. The third-order valence-corrected chi connectivity index (χ3v) is 11.1. The van der Waals surface area contributed by atoms with Crippen molar-refractivity contribution in [1.82, 2.24) is 0 Å². The van der Waals surface area contributed by atoms with Gasteiger partial charge in [0.1, 0.15) is 23.9 Å². The molecule has 342 valence electrons. The molecule has 0 saturated carbocycles. The number of ether oxygens (including phenoxy) is 8. The van der Waals surface area contributed by atoms with Crippen LogP contribution in [0.2, 0.25) is 0 Å². The zero-order valence-corrected chi connectivity index (χ0v) is 37.0. The highest BCUT2D eigenvalue weighted by Gasteiger charge is 2.27. The van der Waals surface area contributed by atoms with Gasteiger partial charge < -0.3 is 37.9 Å². The van der Waals surface area contributed by atoms with Gasteiger partial charge in [-0.1, -0.05) is 61.7 Å². The summed E-state index contributed by atoms with van der Waals surface area (Å²) < 4.78 is 45.1. The van der Waals surface area contributed by atoms with Crippen LogP contribution in [0.4, 0.5) is 0 Å². The van der Waals surface area contributed by atoms with E-state index < -0.39 is 23.9 Å². The normalized spacial score (nSPS) is 13.8. The minimum Gasteiger partial charge on any atom is -0.493 e. The van der Waals surface area contributed by atoms with E-state index in [1.165, 1.54) is 0 Å². The second-order valence-corrected chi connectivity index (χ2v) is 15.7. The van der Waals surface area contributed by atoms with Crippen LogP contribution in [-0.4, -0.2) is 82.8 Å². The summed E-state index contributed by atoms with van der Waals surface area (Å²) in [5, 5.41) is 4.42. The number of fused-ring (bicyclic) bond motifs is 6. The maximum atomic E-state index is 12.8. The van der Waals surface area contributed by atoms with Crippen LogP contribution in [0.25, 0.3) is 22.4 Å². The van der Waals surface area contributed by atoms with Crippen LogP contribution in [0.3, 0.4) is 0 Å². The van der Waals surface area contributed by atoms with Crippen LogP contribution >= 0.6 is 0 Å². The Morgan fingerprint density at radius 1 is 0.591 bits per heavy atom. The predicted molar refractivity (Wildman–Crippen MR) is 249 cm³/mol. The molecule has 0 radical (unpaired) electrons. The predicted octanol–water partition coefficient (Wildman–Crippen LogP) is 7.58. The standard InChI is InChI=1S/C54H54O12/c1-3-49(55)63-31-7-29-59-43-19-13-39(14-20-43)53(57)65-27-5-9-37-11-23-45-41(35-37)17-25-47-51(45)52-46-24-12-38(36-42(46)18-26-48(52)62-34-33-61-47)10-6-28-66-54(58)40-15-21-44(22-16-40)60-30-8-32-64-50(56)4-2/h3-4,11-25,35-36,48H,1-2,5-10,26-34H2/t48-/m0/s1. The number of hydrogen-bond donors (Lipinski definition) is 0. The highest BCUT2D eigenvalue weighted by Crippen LogP contribution is 2.38. The minimum atomic E-state index is -0.466. The van der Waals surface area contributed by atoms with E-state index in [0.29, 0.717) is 74.7 Å². The SMILES string of the molecule is C=CC(=O)OCCCOc1ccc(C(=O)OCCCc2ccc3c(c2)=CC[C@@H]2OCCOc4ccc5cc(CCCOC(=O)c6ccc(OCCCOC(=O)C=C)cc6)ccc5c4C=32)cc1. The average Bonchev–Trinajstić information content (AvgIpc) is 3.34. The highest BCUT2D eigenvalue weighted by molar-refractivity contribution is 5.98. The molecule has 0 saturated heterocycles. The summed E-state index contributed by atoms with van der Waals surface area (Å²) in [6, 6.07) is 30.7. The van der Waals surface area contributed by atoms with E-state index in [-0.39, 0.29) is 32.5 Å². The molecule has 66 heavy (non-hydrogen) atoms. The van der Waals surface area contributed by atoms with Crippen LogP contribution in [0.1, 0.15) is 69.5 Å². The lowest BCUT2D eigenvalue weighted by Gasteiger charge is -2.29. The first-order chi connectivity index (χ1) is 32.3. The summed E-state index contributed by atoms with van der Waals surface area (Å²) in [6.45, 7) is 9.46. The fraction of sp³-hybridized carbons (Fsp3) is 0.296. The third kappa shape index (κ3) is 12.8. The fourth-order valence-corrected chi connectivity index (χ4v) is 7.79. The smallest absolute Gasteiger partial charge is 0.338 e. The van der Waals surface area contributed by atoms with E-state index in [1.54, 1.807) is 48.5 Å². The number of hydrogen-bond acceptors (Lipinski definition) is 12. The Labute approximate surface area is 384 Å². The van der Waals surface area contributed by atoms with Crippen molar-refractivity contribution >= 4 is 46.3 Å². The summed E-state index contributed by atoms with van der Waals surface area (Å²) >= 11 is 0. The number of aryl methyl sites for hydroxylation is 2. The zero-order valence-electron chi connectivity index (χ0n) is 37.0. The molecule has 2 aliphatic rings. The van der Waals surface area contributed by atoms with Gasteiger partial charge in [0.15, 0.2) is 0 Å². The largest absolute Gasteiger partial charge is 0.493 e. The Kier molecular flexibility index (Phi) is 16.8. The van der Waals surface area contributed by atoms with Gasteiger partial charge in [-0.2, -0.15) is 0 Å². The molecule has 1 heterocycles. The van der Waals surface area contributed by atoms with Gasteiger partial charge in [-0.25, -0.2) is 19.2 Å². The number of benzene rings is 5. The molecule has 0 fully saturated rings. The van der Waals surface area contributed by atoms with Crippen LogP contribution in [0, 0.1) is 0 Å². The molecular weight excluding hydrogens is 841 g/mol. The van der Waals surface area contributed by atoms with Gasteiger partial charge in [0.05, 0.1) is 63.5 Å². The summed E-state index contributed by atoms with van der Waals surface area (Å²) in [4.78, 5) is 47.8. The van der Waals surface area contributed by atoms with Crippen molar-refractivity contribution in [2.75, 3.05) is 52.9 Å². The van der Waals surface area contributed by atoms with Crippen LogP contribution < -0.4 is 24.6 Å². The molecule has 12 nitrogen and oxygen atoms in total. The number of rotatable bonds is 22. The maximum Gasteiger partial charge on any atom is 0.338 e. The summed E-state index contributed by atoms with van der Waals surface area (Å²) in [7, 11) is 0. The van der Waals surface area contributed by atoms with Gasteiger partial charge >= 0.3 is 23.9 Å². The first-order valence-electron chi connectivity index (χ1n) is 22.3. The van der Waals surface area contributed by atoms with E-state index in [9.17, 15) is 19.2 Å². The van der Waals surface area contributed by atoms with Crippen molar-refractivity contribution in [2.45, 2.75) is 51.0 Å². The molecule has 0 bridgehead atoms. The van der Waals surface area contributed by atoms with Crippen LogP contribution in [0.5, 0.6) is 17.2 Å². The van der Waals surface area contributed by atoms with Crippen molar-refractivity contribution in [1.29, 1.82) is 0 Å². The number of esters is 4. The molecule has 1 atom stereocenters. The Balaban J connectivity index is 0.927. The molecule has 12 heteroatoms. The Bertz CT molecular complexity index is 2650. The zero-order chi connectivity index (χ0) is 46.1. The van der Waals surface area contributed by atoms with Crippen LogP contribution in [-0.2, 0) is 46.1 Å². The van der Waals surface area contributed by atoms with Gasteiger partial charge in [-0.3, -0.25) is 0 Å². The quantitative estimate of drug-likeness (QED) is 0.0293. The van der Waals surface area contributed by atoms with Gasteiger partial charge in [-0.15, -0.1) is 0 Å². The van der Waals surface area contributed by atoms with Crippen molar-refractivity contribution in [2.24, 2.45) is 0 Å². The van der Waals surface area contributed by atoms with Crippen molar-refractivity contribution in [3.63, 3.8) is 0 Å². The minimum absolute atomic E-state index is 0.121. The van der Waals surface area contributed by atoms with E-state index in [0.717, 1.165) is 80.6 Å². The fourth-order valence-electron chi connectivity index (χ4n) is 7.79. The Morgan fingerprint density at radius 2 is 1.15 bits per heavy atom. The molecule has 0 spiro atoms. The molecule has 0 N–H and O–H groups in total. The molecule has 0 amide bonds. The second-order valence-electron chi connectivity index (χ2n) is 15.7. The van der Waals surface area contributed by atoms with Gasteiger partial charge in [-0.05, 0) is 119 Å². The number of carbonyl (C=O) groups is 4. The van der Waals surface area contributed by atoms with Crippen molar-refractivity contribution in [3.05, 3.63) is 161 Å². The van der Waals surface area contributed by atoms with Gasteiger partial charge in [0.25, 0.3) is 0 Å². The van der Waals surface area contributed by atoms with Gasteiger partial charge in [0, 0.05) is 36.1 Å². The molecule has 1 aliphatic heterocycles. The van der Waals surface area contributed by atoms with Crippen molar-refractivity contribution in [3.8, 4) is 17.2 Å². The summed E-state index contributed by atoms with van der Waals surface area (Å²) in [5.74, 6) is 0.334. The lowest BCUT2D eigenvalue weighted by Crippen LogP contribution is -2.38. The van der Waals surface area contributed by atoms with E-state index in [2.05, 4.69) is 67.8 Å². The summed E-state index contributed by atoms with van der Waals surface area (Å²) in [6.07, 6.45) is 8.98. The Morgan fingerprint density at radius 3 is 1.74 bits per heavy atom. The van der Waals surface area contributed by atoms with Crippen LogP contribution in [0.15, 0.2) is 122 Å². The molecule has 5 aromatic rings. The first-order valence-corrected chi connectivity index (χ1v) is 22.3. The summed E-state index contributed by atoms with van der Waals surface area (Å²) in [5.41, 5.74) is 5.33. The molecule has 0 unspecified atom stereocenters. The van der Waals surface area contributed by atoms with E-state index in [4.69, 9.17) is 37.9 Å². The Hall–Kier alpha value is -7.18. The number of carbonyl (C=O) groups excluding carboxylic acids is 4. The second kappa shape index (κ2) is 23.7. The van der Waals surface area contributed by atoms with E-state index >= 15 is 0 Å². The molecule has 5 aromatic carbocycles. The third-order valence-electron chi connectivity index (χ3n) is 11.1. The highest BCUT2D eigenvalue weighted by atomic mass is 16.6. The topological polar surface area (TPSA) is 142 Å². The molecular formula is C54H54O12. The molecule has 0 aromatic heterocycles.